The molecule has 6 heteroatoms. The van der Waals surface area contributed by atoms with Crippen molar-refractivity contribution in [2.45, 2.75) is 25.9 Å². The molecule has 3 rings (SSSR count). The molecule has 0 amide bonds. The molecular formula is C19H21FN4O. The number of imidazole rings is 1. The summed E-state index contributed by atoms with van der Waals surface area (Å²) in [6.07, 6.45) is 2.39. The van der Waals surface area contributed by atoms with E-state index in [9.17, 15) is 4.39 Å². The van der Waals surface area contributed by atoms with Crippen LogP contribution in [0.2, 0.25) is 0 Å². The van der Waals surface area contributed by atoms with Crippen molar-refractivity contribution in [1.29, 1.82) is 0 Å². The molecule has 1 atom stereocenters. The smallest absolute Gasteiger partial charge is 0.123 e. The Labute approximate surface area is 146 Å². The molecule has 130 valence electrons. The summed E-state index contributed by atoms with van der Waals surface area (Å²) in [4.78, 5) is 12.3. The van der Waals surface area contributed by atoms with Gasteiger partial charge in [-0.15, -0.1) is 0 Å². The summed E-state index contributed by atoms with van der Waals surface area (Å²) in [5.41, 5.74) is 2.89. The van der Waals surface area contributed by atoms with Crippen LogP contribution in [0, 0.1) is 5.82 Å². The summed E-state index contributed by atoms with van der Waals surface area (Å²) in [5.74, 6) is 0.438. The highest BCUT2D eigenvalue weighted by atomic mass is 19.1. The van der Waals surface area contributed by atoms with Crippen LogP contribution >= 0.6 is 0 Å². The first-order valence-electron chi connectivity index (χ1n) is 8.28. The highest BCUT2D eigenvalue weighted by Crippen LogP contribution is 2.29. The second-order valence-electron chi connectivity index (χ2n) is 5.93. The predicted octanol–water partition coefficient (Wildman–Crippen LogP) is 3.14. The van der Waals surface area contributed by atoms with Crippen molar-refractivity contribution in [3.8, 4) is 22.6 Å². The van der Waals surface area contributed by atoms with Crippen molar-refractivity contribution in [3.63, 3.8) is 0 Å². The molecule has 0 radical (unpaired) electrons. The molecule has 0 fully saturated rings. The maximum Gasteiger partial charge on any atom is 0.123 e. The van der Waals surface area contributed by atoms with Crippen molar-refractivity contribution >= 4 is 0 Å². The van der Waals surface area contributed by atoms with Gasteiger partial charge in [-0.3, -0.25) is 4.98 Å². The Hall–Kier alpha value is -2.57. The van der Waals surface area contributed by atoms with Gasteiger partial charge in [0.2, 0.25) is 0 Å². The minimum Gasteiger partial charge on any atom is -0.396 e. The molecule has 0 aliphatic rings. The largest absolute Gasteiger partial charge is 0.396 e. The van der Waals surface area contributed by atoms with Crippen LogP contribution in [0.1, 0.15) is 19.2 Å². The number of nitrogens with one attached hydrogen (secondary N) is 2. The van der Waals surface area contributed by atoms with Gasteiger partial charge in [0.1, 0.15) is 11.6 Å². The van der Waals surface area contributed by atoms with Gasteiger partial charge in [-0.25, -0.2) is 9.37 Å². The third kappa shape index (κ3) is 4.29. The molecule has 0 aliphatic carbocycles. The molecule has 0 aliphatic heterocycles. The van der Waals surface area contributed by atoms with Gasteiger partial charge < -0.3 is 15.4 Å². The molecule has 0 spiro atoms. The lowest BCUT2D eigenvalue weighted by Crippen LogP contribution is -2.26. The van der Waals surface area contributed by atoms with E-state index in [-0.39, 0.29) is 18.5 Å². The normalized spacial score (nSPS) is 12.3. The fraction of sp³-hybridized carbons (Fsp3) is 0.263. The Morgan fingerprint density at radius 3 is 2.84 bits per heavy atom. The maximum atomic E-state index is 13.6. The number of hydrogen-bond acceptors (Lipinski definition) is 4. The quantitative estimate of drug-likeness (QED) is 0.618. The molecule has 0 unspecified atom stereocenters. The number of halogens is 1. The van der Waals surface area contributed by atoms with E-state index in [0.29, 0.717) is 24.2 Å². The van der Waals surface area contributed by atoms with E-state index in [1.54, 1.807) is 12.3 Å². The zero-order valence-corrected chi connectivity index (χ0v) is 14.0. The topological polar surface area (TPSA) is 73.8 Å². The number of aromatic amines is 1. The monoisotopic (exact) mass is 340 g/mol. The third-order valence-electron chi connectivity index (χ3n) is 3.95. The summed E-state index contributed by atoms with van der Waals surface area (Å²) < 4.78 is 13.6. The number of H-pyrrole nitrogens is 1. The number of benzene rings is 1. The van der Waals surface area contributed by atoms with Crippen molar-refractivity contribution < 1.29 is 9.50 Å². The van der Waals surface area contributed by atoms with Gasteiger partial charge >= 0.3 is 0 Å². The van der Waals surface area contributed by atoms with Gasteiger partial charge in [0.15, 0.2) is 0 Å². The number of pyridine rings is 1. The summed E-state index contributed by atoms with van der Waals surface area (Å²) >= 11 is 0. The van der Waals surface area contributed by atoms with Gasteiger partial charge in [0.25, 0.3) is 0 Å². The van der Waals surface area contributed by atoms with E-state index in [1.807, 2.05) is 31.2 Å². The van der Waals surface area contributed by atoms with Gasteiger partial charge in [-0.05, 0) is 37.6 Å². The molecule has 2 heterocycles. The van der Waals surface area contributed by atoms with Gasteiger partial charge in [0, 0.05) is 24.4 Å². The Morgan fingerprint density at radius 2 is 2.12 bits per heavy atom. The molecule has 3 N–H and O–H groups in total. The lowest BCUT2D eigenvalue weighted by molar-refractivity contribution is 0.268. The molecule has 0 bridgehead atoms. The second-order valence-corrected chi connectivity index (χ2v) is 5.93. The molecule has 2 aromatic heterocycles. The van der Waals surface area contributed by atoms with Crippen LogP contribution in [0.5, 0.6) is 0 Å². The summed E-state index contributed by atoms with van der Waals surface area (Å²) in [6, 6.07) is 12.2. The van der Waals surface area contributed by atoms with E-state index in [0.717, 1.165) is 17.2 Å². The van der Waals surface area contributed by atoms with Crippen LogP contribution in [-0.2, 0) is 6.54 Å². The lowest BCUT2D eigenvalue weighted by atomic mass is 10.1. The minimum absolute atomic E-state index is 0.139. The Bertz CT molecular complexity index is 819. The molecule has 0 saturated heterocycles. The predicted molar refractivity (Wildman–Crippen MR) is 95.2 cm³/mol. The van der Waals surface area contributed by atoms with Crippen LogP contribution in [-0.4, -0.2) is 32.7 Å². The molecule has 3 aromatic rings. The number of aliphatic hydroxyl groups excluding tert-OH is 1. The third-order valence-corrected chi connectivity index (χ3v) is 3.95. The maximum absolute atomic E-state index is 13.6. The highest BCUT2D eigenvalue weighted by Gasteiger charge is 2.15. The SMILES string of the molecule is C[C@H](CCO)NCc1nc(-c2cccc(F)c2)c(-c2ccccn2)[nH]1. The zero-order valence-electron chi connectivity index (χ0n) is 14.0. The average molecular weight is 340 g/mol. The molecule has 25 heavy (non-hydrogen) atoms. The minimum atomic E-state index is -0.302. The standard InChI is InChI=1S/C19H21FN4O/c1-13(8-10-25)22-12-17-23-18(14-5-4-6-15(20)11-14)19(24-17)16-7-2-3-9-21-16/h2-7,9,11,13,22,25H,8,10,12H2,1H3,(H,23,24)/t13-/m1/s1. The summed E-state index contributed by atoms with van der Waals surface area (Å²) in [7, 11) is 0. The van der Waals surface area contributed by atoms with E-state index in [1.165, 1.54) is 12.1 Å². The molecule has 1 aromatic carbocycles. The van der Waals surface area contributed by atoms with Crippen LogP contribution in [0.15, 0.2) is 48.7 Å². The van der Waals surface area contributed by atoms with Crippen LogP contribution < -0.4 is 5.32 Å². The highest BCUT2D eigenvalue weighted by molar-refractivity contribution is 5.76. The van der Waals surface area contributed by atoms with E-state index in [2.05, 4.69) is 20.3 Å². The molecule has 0 saturated carbocycles. The molecular weight excluding hydrogens is 319 g/mol. The number of hydrogen-bond donors (Lipinski definition) is 3. The van der Waals surface area contributed by atoms with Gasteiger partial charge in [-0.2, -0.15) is 0 Å². The Morgan fingerprint density at radius 1 is 1.24 bits per heavy atom. The second kappa shape index (κ2) is 8.00. The Balaban J connectivity index is 1.94. The number of nitrogens with zero attached hydrogens (tertiary/aromatic N) is 2. The number of rotatable bonds is 7. The molecule has 5 nitrogen and oxygen atoms in total. The van der Waals surface area contributed by atoms with Crippen molar-refractivity contribution in [2.24, 2.45) is 0 Å². The summed E-state index contributed by atoms with van der Waals surface area (Å²) in [5, 5.41) is 12.3. The van der Waals surface area contributed by atoms with E-state index in [4.69, 9.17) is 5.11 Å². The zero-order chi connectivity index (χ0) is 17.6. The van der Waals surface area contributed by atoms with Crippen LogP contribution in [0.25, 0.3) is 22.6 Å². The lowest BCUT2D eigenvalue weighted by Gasteiger charge is -2.10. The van der Waals surface area contributed by atoms with Gasteiger partial charge in [0.05, 0.1) is 23.6 Å². The van der Waals surface area contributed by atoms with Gasteiger partial charge in [-0.1, -0.05) is 18.2 Å². The van der Waals surface area contributed by atoms with Crippen molar-refractivity contribution in [1.82, 2.24) is 20.3 Å². The van der Waals surface area contributed by atoms with Crippen LogP contribution in [0.3, 0.4) is 0 Å². The van der Waals surface area contributed by atoms with Crippen molar-refractivity contribution in [3.05, 3.63) is 60.3 Å². The fourth-order valence-corrected chi connectivity index (χ4v) is 2.61. The van der Waals surface area contributed by atoms with Crippen LogP contribution in [0.4, 0.5) is 4.39 Å². The van der Waals surface area contributed by atoms with E-state index >= 15 is 0 Å². The first-order chi connectivity index (χ1) is 12.2. The fourth-order valence-electron chi connectivity index (χ4n) is 2.61. The average Bonchev–Trinajstić information content (AvgIpc) is 3.05. The number of aromatic nitrogens is 3. The summed E-state index contributed by atoms with van der Waals surface area (Å²) in [6.45, 7) is 2.67. The van der Waals surface area contributed by atoms with E-state index < -0.39 is 0 Å². The Kier molecular flexibility index (Phi) is 5.53. The van der Waals surface area contributed by atoms with Crippen molar-refractivity contribution in [2.75, 3.05) is 6.61 Å². The first kappa shape index (κ1) is 17.3. The first-order valence-corrected chi connectivity index (χ1v) is 8.28. The number of aliphatic hydroxyl groups is 1.